The largest absolute Gasteiger partial charge is 0.379 e. The number of nitrogens with one attached hydrogen (secondary N) is 1. The predicted octanol–water partition coefficient (Wildman–Crippen LogP) is 6.11. The smallest absolute Gasteiger partial charge is 0.0594 e. The maximum Gasteiger partial charge on any atom is 0.0594 e. The zero-order valence-corrected chi connectivity index (χ0v) is 20.4. The predicted molar refractivity (Wildman–Crippen MR) is 135 cm³/mol. The summed E-state index contributed by atoms with van der Waals surface area (Å²) in [5.41, 5.74) is 0. The summed E-state index contributed by atoms with van der Waals surface area (Å²) < 4.78 is 5.48. The van der Waals surface area contributed by atoms with E-state index >= 15 is 0 Å². The van der Waals surface area contributed by atoms with Crippen molar-refractivity contribution < 1.29 is 4.74 Å². The molecule has 31 heavy (non-hydrogen) atoms. The average molecular weight is 463 g/mol. The standard InChI is InChI=1S/C26H39ClN2OS/c27-24-13-12-23-8-4-1-2-7-11-26(23)31(22-24,25-9-5-3-6-10-25)21-15-28-14-16-29-17-19-30-20-18-29/h3,5-6,9-11,22-23,28H,1-2,4,7-8,12-21H2/b26-11+. The molecule has 2 unspecified atom stereocenters. The maximum atomic E-state index is 6.86. The van der Waals surface area contributed by atoms with Crippen LogP contribution in [0.15, 0.2) is 56.6 Å². The van der Waals surface area contributed by atoms with Crippen LogP contribution in [0.2, 0.25) is 0 Å². The Morgan fingerprint density at radius 3 is 2.71 bits per heavy atom. The van der Waals surface area contributed by atoms with Crippen molar-refractivity contribution in [2.45, 2.75) is 49.8 Å². The molecule has 3 nitrogen and oxygen atoms in total. The first-order valence-electron chi connectivity index (χ1n) is 12.2. The number of nitrogens with zero attached hydrogens (tertiary/aromatic N) is 1. The second-order valence-electron chi connectivity index (χ2n) is 9.06. The number of fused-ring (bicyclic) bond motifs is 1. The van der Waals surface area contributed by atoms with Gasteiger partial charge >= 0.3 is 0 Å². The Morgan fingerprint density at radius 1 is 1.03 bits per heavy atom. The summed E-state index contributed by atoms with van der Waals surface area (Å²) in [5.74, 6) is 1.84. The van der Waals surface area contributed by atoms with Gasteiger partial charge in [-0.3, -0.25) is 4.90 Å². The third kappa shape index (κ3) is 6.17. The molecule has 0 bridgehead atoms. The Kier molecular flexibility index (Phi) is 8.98. The van der Waals surface area contributed by atoms with Crippen molar-refractivity contribution in [3.63, 3.8) is 0 Å². The maximum absolute atomic E-state index is 6.86. The van der Waals surface area contributed by atoms with Crippen molar-refractivity contribution in [3.05, 3.63) is 51.8 Å². The van der Waals surface area contributed by atoms with Gasteiger partial charge in [0.05, 0.1) is 13.2 Å². The minimum atomic E-state index is -1.24. The number of rotatable bonds is 7. The van der Waals surface area contributed by atoms with E-state index in [0.29, 0.717) is 5.92 Å². The number of morpholine rings is 1. The molecule has 1 aliphatic carbocycles. The fourth-order valence-electron chi connectivity index (χ4n) is 5.24. The monoisotopic (exact) mass is 462 g/mol. The molecule has 1 aromatic carbocycles. The Bertz CT molecular complexity index is 747. The molecule has 5 heteroatoms. The topological polar surface area (TPSA) is 24.5 Å². The molecule has 0 radical (unpaired) electrons. The molecule has 1 aromatic rings. The van der Waals surface area contributed by atoms with E-state index in [1.165, 1.54) is 43.4 Å². The van der Waals surface area contributed by atoms with E-state index < -0.39 is 10.0 Å². The van der Waals surface area contributed by atoms with E-state index in [1.807, 2.05) is 0 Å². The number of benzene rings is 1. The molecule has 1 saturated heterocycles. The highest BCUT2D eigenvalue weighted by Crippen LogP contribution is 2.68. The molecule has 0 aromatic heterocycles. The molecule has 2 aliphatic heterocycles. The first-order chi connectivity index (χ1) is 15.3. The van der Waals surface area contributed by atoms with Crippen LogP contribution in [-0.4, -0.2) is 56.6 Å². The molecule has 1 N–H and O–H groups in total. The molecule has 172 valence electrons. The lowest BCUT2D eigenvalue weighted by Gasteiger charge is -2.43. The van der Waals surface area contributed by atoms with Crippen molar-refractivity contribution in [2.75, 3.05) is 51.7 Å². The number of allylic oxidation sites excluding steroid dienone is 3. The number of hydrogen-bond donors (Lipinski definition) is 1. The van der Waals surface area contributed by atoms with Gasteiger partial charge in [0, 0.05) is 43.5 Å². The van der Waals surface area contributed by atoms with Gasteiger partial charge in [-0.05, 0) is 65.4 Å². The van der Waals surface area contributed by atoms with Crippen molar-refractivity contribution in [2.24, 2.45) is 5.92 Å². The fraction of sp³-hybridized carbons (Fsp3) is 0.615. The van der Waals surface area contributed by atoms with Gasteiger partial charge in [0.2, 0.25) is 0 Å². The molecule has 2 atom stereocenters. The van der Waals surface area contributed by atoms with E-state index in [-0.39, 0.29) is 0 Å². The minimum Gasteiger partial charge on any atom is -0.379 e. The summed E-state index contributed by atoms with van der Waals surface area (Å²) in [6, 6.07) is 11.3. The van der Waals surface area contributed by atoms with Crippen LogP contribution in [0.4, 0.5) is 0 Å². The van der Waals surface area contributed by atoms with Gasteiger partial charge in [-0.1, -0.05) is 48.7 Å². The average Bonchev–Trinajstić information content (AvgIpc) is 2.91. The third-order valence-electron chi connectivity index (χ3n) is 6.96. The molecule has 3 aliphatic rings. The van der Waals surface area contributed by atoms with Crippen LogP contribution in [0.1, 0.15) is 44.9 Å². The second-order valence-corrected chi connectivity index (χ2v) is 12.7. The molecule has 1 fully saturated rings. The van der Waals surface area contributed by atoms with Crippen LogP contribution >= 0.6 is 21.6 Å². The van der Waals surface area contributed by atoms with Crippen LogP contribution in [0.5, 0.6) is 0 Å². The van der Waals surface area contributed by atoms with Gasteiger partial charge < -0.3 is 10.1 Å². The SMILES string of the molecule is ClC1=CS(CCNCCN2CCOCC2)(c2ccccc2)/C2=C/CCCCCC2CC1. The lowest BCUT2D eigenvalue weighted by atomic mass is 9.92. The van der Waals surface area contributed by atoms with Crippen molar-refractivity contribution >= 4 is 21.6 Å². The van der Waals surface area contributed by atoms with E-state index in [1.54, 1.807) is 4.91 Å². The highest BCUT2D eigenvalue weighted by atomic mass is 35.5. The summed E-state index contributed by atoms with van der Waals surface area (Å²) in [6.45, 7) is 7.07. The van der Waals surface area contributed by atoms with Gasteiger partial charge in [-0.25, -0.2) is 0 Å². The Labute approximate surface area is 195 Å². The second kappa shape index (κ2) is 11.9. The quantitative estimate of drug-likeness (QED) is 0.494. The summed E-state index contributed by atoms with van der Waals surface area (Å²) >= 11 is 6.86. The lowest BCUT2D eigenvalue weighted by Crippen LogP contribution is -2.40. The minimum absolute atomic E-state index is 0.691. The first-order valence-corrected chi connectivity index (χ1v) is 14.5. The van der Waals surface area contributed by atoms with Crippen LogP contribution in [0.3, 0.4) is 0 Å². The Hall–Kier alpha value is -0.780. The van der Waals surface area contributed by atoms with Crippen LogP contribution in [-0.2, 0) is 4.74 Å². The van der Waals surface area contributed by atoms with Gasteiger partial charge in [0.1, 0.15) is 0 Å². The van der Waals surface area contributed by atoms with E-state index in [2.05, 4.69) is 52.0 Å². The van der Waals surface area contributed by atoms with Crippen molar-refractivity contribution in [1.82, 2.24) is 10.2 Å². The zero-order valence-electron chi connectivity index (χ0n) is 18.9. The molecular formula is C26H39ClN2OS. The molecule has 0 spiro atoms. The molecular weight excluding hydrogens is 424 g/mol. The van der Waals surface area contributed by atoms with Gasteiger partial charge in [0.15, 0.2) is 0 Å². The van der Waals surface area contributed by atoms with E-state index in [9.17, 15) is 0 Å². The highest BCUT2D eigenvalue weighted by molar-refractivity contribution is 8.39. The third-order valence-corrected chi connectivity index (χ3v) is 11.4. The van der Waals surface area contributed by atoms with E-state index in [4.69, 9.17) is 16.3 Å². The van der Waals surface area contributed by atoms with Crippen molar-refractivity contribution in [1.29, 1.82) is 0 Å². The van der Waals surface area contributed by atoms with Gasteiger partial charge in [-0.15, -0.1) is 0 Å². The lowest BCUT2D eigenvalue weighted by molar-refractivity contribution is 0.0385. The normalized spacial score (nSPS) is 31.7. The Balaban J connectivity index is 1.53. The molecule has 2 heterocycles. The van der Waals surface area contributed by atoms with Gasteiger partial charge in [-0.2, -0.15) is 10.0 Å². The molecule has 0 amide bonds. The molecule has 4 rings (SSSR count). The number of ether oxygens (including phenoxy) is 1. The molecule has 0 saturated carbocycles. The van der Waals surface area contributed by atoms with Crippen LogP contribution in [0, 0.1) is 5.92 Å². The summed E-state index contributed by atoms with van der Waals surface area (Å²) in [6.07, 6.45) is 11.5. The summed E-state index contributed by atoms with van der Waals surface area (Å²) in [5, 5.41) is 7.36. The first kappa shape index (κ1) is 23.4. The van der Waals surface area contributed by atoms with E-state index in [0.717, 1.165) is 63.1 Å². The fourth-order valence-corrected chi connectivity index (χ4v) is 9.85. The summed E-state index contributed by atoms with van der Waals surface area (Å²) in [7, 11) is -1.24. The van der Waals surface area contributed by atoms with Gasteiger partial charge in [0.25, 0.3) is 0 Å². The highest BCUT2D eigenvalue weighted by Gasteiger charge is 2.35. The number of hydrogen-bond acceptors (Lipinski definition) is 3. The number of halogens is 1. The van der Waals surface area contributed by atoms with Crippen LogP contribution < -0.4 is 5.32 Å². The Morgan fingerprint density at radius 2 is 1.87 bits per heavy atom. The zero-order chi connectivity index (χ0) is 21.4. The van der Waals surface area contributed by atoms with Crippen LogP contribution in [0.25, 0.3) is 0 Å². The summed E-state index contributed by atoms with van der Waals surface area (Å²) in [4.78, 5) is 5.72. The van der Waals surface area contributed by atoms with Crippen molar-refractivity contribution in [3.8, 4) is 0 Å².